The lowest BCUT2D eigenvalue weighted by atomic mass is 9.92. The van der Waals surface area contributed by atoms with E-state index >= 15 is 0 Å². The van der Waals surface area contributed by atoms with Crippen molar-refractivity contribution in [2.75, 3.05) is 0 Å². The van der Waals surface area contributed by atoms with Crippen molar-refractivity contribution in [2.24, 2.45) is 0 Å². The van der Waals surface area contributed by atoms with Crippen LogP contribution in [0, 0.1) is 0 Å². The zero-order valence-corrected chi connectivity index (χ0v) is 26.2. The summed E-state index contributed by atoms with van der Waals surface area (Å²) in [6.45, 7) is 0. The van der Waals surface area contributed by atoms with Crippen LogP contribution in [0.15, 0.2) is 188 Å². The van der Waals surface area contributed by atoms with Gasteiger partial charge in [-0.3, -0.25) is 0 Å². The van der Waals surface area contributed by atoms with E-state index in [9.17, 15) is 0 Å². The number of nitrogens with zero attached hydrogens (tertiary/aromatic N) is 3. The summed E-state index contributed by atoms with van der Waals surface area (Å²) in [5.41, 5.74) is 12.3. The summed E-state index contributed by atoms with van der Waals surface area (Å²) in [7, 11) is 0. The molecule has 0 atom stereocenters. The van der Waals surface area contributed by atoms with Gasteiger partial charge in [0.05, 0.1) is 0 Å². The van der Waals surface area contributed by atoms with Crippen molar-refractivity contribution < 1.29 is 0 Å². The van der Waals surface area contributed by atoms with Crippen molar-refractivity contribution in [3.63, 3.8) is 0 Å². The number of benzene rings is 7. The summed E-state index contributed by atoms with van der Waals surface area (Å²) >= 11 is 0. The minimum Gasteiger partial charge on any atom is -0.208 e. The molecule has 3 nitrogen and oxygen atoms in total. The largest absolute Gasteiger partial charge is 0.208 e. The smallest absolute Gasteiger partial charge is 0.164 e. The van der Waals surface area contributed by atoms with Crippen LogP contribution in [0.1, 0.15) is 0 Å². The Hall–Kier alpha value is -6.45. The van der Waals surface area contributed by atoms with Crippen molar-refractivity contribution in [2.45, 2.75) is 0 Å². The van der Waals surface area contributed by atoms with Gasteiger partial charge in [-0.1, -0.05) is 170 Å². The molecule has 0 saturated carbocycles. The second-order valence-electron chi connectivity index (χ2n) is 11.7. The highest BCUT2D eigenvalue weighted by molar-refractivity contribution is 5.82. The van der Waals surface area contributed by atoms with E-state index < -0.39 is 0 Å². The molecule has 1 heterocycles. The van der Waals surface area contributed by atoms with Crippen LogP contribution < -0.4 is 0 Å². The Morgan fingerprint density at radius 2 is 0.396 bits per heavy atom. The summed E-state index contributed by atoms with van der Waals surface area (Å²) in [6, 6.07) is 65.4. The van der Waals surface area contributed by atoms with Gasteiger partial charge in [0.1, 0.15) is 0 Å². The van der Waals surface area contributed by atoms with E-state index in [0.29, 0.717) is 17.5 Å². The van der Waals surface area contributed by atoms with E-state index in [-0.39, 0.29) is 0 Å². The fourth-order valence-electron chi connectivity index (χ4n) is 5.99. The Balaban J connectivity index is 1.18. The monoisotopic (exact) mass is 613 g/mol. The highest BCUT2D eigenvalue weighted by Gasteiger charge is 2.13. The first-order chi connectivity index (χ1) is 23.8. The van der Waals surface area contributed by atoms with Crippen LogP contribution in [0.3, 0.4) is 0 Å². The number of rotatable bonds is 7. The first kappa shape index (κ1) is 29.0. The number of aromatic nitrogens is 3. The highest BCUT2D eigenvalue weighted by Crippen LogP contribution is 2.35. The average molecular weight is 614 g/mol. The van der Waals surface area contributed by atoms with Crippen molar-refractivity contribution in [3.05, 3.63) is 188 Å². The maximum absolute atomic E-state index is 4.92. The summed E-state index contributed by atoms with van der Waals surface area (Å²) in [4.78, 5) is 14.7. The van der Waals surface area contributed by atoms with Gasteiger partial charge >= 0.3 is 0 Å². The Labute approximate surface area is 280 Å². The fraction of sp³-hybridized carbons (Fsp3) is 0. The van der Waals surface area contributed by atoms with Crippen LogP contribution >= 0.6 is 0 Å². The molecule has 8 rings (SSSR count). The molecule has 48 heavy (non-hydrogen) atoms. The van der Waals surface area contributed by atoms with E-state index in [0.717, 1.165) is 27.8 Å². The van der Waals surface area contributed by atoms with E-state index in [1.54, 1.807) is 0 Å². The Morgan fingerprint density at radius 3 is 0.729 bits per heavy atom. The number of hydrogen-bond donors (Lipinski definition) is 0. The second kappa shape index (κ2) is 13.1. The van der Waals surface area contributed by atoms with Crippen molar-refractivity contribution in [1.82, 2.24) is 15.0 Å². The fourth-order valence-corrected chi connectivity index (χ4v) is 5.99. The summed E-state index contributed by atoms with van der Waals surface area (Å²) in [5, 5.41) is 0. The van der Waals surface area contributed by atoms with Gasteiger partial charge in [-0.25, -0.2) is 15.0 Å². The Bertz CT molecular complexity index is 2230. The van der Waals surface area contributed by atoms with Crippen LogP contribution in [0.4, 0.5) is 0 Å². The van der Waals surface area contributed by atoms with E-state index in [1.807, 2.05) is 60.7 Å². The molecule has 7 aromatic carbocycles. The molecule has 0 spiro atoms. The van der Waals surface area contributed by atoms with Gasteiger partial charge in [0, 0.05) is 16.7 Å². The third-order valence-corrected chi connectivity index (χ3v) is 8.54. The zero-order valence-electron chi connectivity index (χ0n) is 26.2. The topological polar surface area (TPSA) is 38.7 Å². The Kier molecular flexibility index (Phi) is 7.92. The second-order valence-corrected chi connectivity index (χ2v) is 11.7. The molecule has 0 N–H and O–H groups in total. The molecule has 3 heteroatoms. The minimum atomic E-state index is 0.645. The van der Waals surface area contributed by atoms with Crippen molar-refractivity contribution >= 4 is 0 Å². The Morgan fingerprint density at radius 1 is 0.188 bits per heavy atom. The number of hydrogen-bond acceptors (Lipinski definition) is 3. The zero-order chi connectivity index (χ0) is 32.1. The first-order valence-corrected chi connectivity index (χ1v) is 16.1. The van der Waals surface area contributed by atoms with E-state index in [1.165, 1.54) is 33.4 Å². The van der Waals surface area contributed by atoms with Crippen LogP contribution in [0.25, 0.3) is 78.7 Å². The predicted octanol–water partition coefficient (Wildman–Crippen LogP) is 11.5. The molecule has 0 fully saturated rings. The van der Waals surface area contributed by atoms with Crippen molar-refractivity contribution in [1.29, 1.82) is 0 Å². The maximum Gasteiger partial charge on any atom is 0.164 e. The molecule has 226 valence electrons. The lowest BCUT2D eigenvalue weighted by molar-refractivity contribution is 1.07. The van der Waals surface area contributed by atoms with Crippen LogP contribution in [0.5, 0.6) is 0 Å². The van der Waals surface area contributed by atoms with Gasteiger partial charge in [0.25, 0.3) is 0 Å². The standard InChI is InChI=1S/C45H31N3/c1-5-13-32(14-6-1)34-21-23-35(24-22-34)41-29-40(33-15-7-2-8-16-33)30-42(31-41)36-25-27-39(28-26-36)45-47-43(37-17-9-3-10-18-37)46-44(48-45)38-19-11-4-12-20-38/h1-31H. The lowest BCUT2D eigenvalue weighted by Crippen LogP contribution is -2.00. The van der Waals surface area contributed by atoms with Gasteiger partial charge < -0.3 is 0 Å². The molecular weight excluding hydrogens is 583 g/mol. The summed E-state index contributed by atoms with van der Waals surface area (Å²) in [5.74, 6) is 1.95. The third kappa shape index (κ3) is 6.18. The molecule has 0 radical (unpaired) electrons. The molecule has 8 aromatic rings. The first-order valence-electron chi connectivity index (χ1n) is 16.1. The molecule has 0 unspecified atom stereocenters. The normalized spacial score (nSPS) is 10.9. The van der Waals surface area contributed by atoms with Gasteiger partial charge in [-0.2, -0.15) is 0 Å². The molecule has 0 aliphatic heterocycles. The predicted molar refractivity (Wildman–Crippen MR) is 198 cm³/mol. The SMILES string of the molecule is c1ccc(-c2ccc(-c3cc(-c4ccccc4)cc(-c4ccc(-c5nc(-c6ccccc6)nc(-c6ccccc6)n5)cc4)c3)cc2)cc1. The molecule has 1 aromatic heterocycles. The van der Waals surface area contributed by atoms with Gasteiger partial charge in [-0.05, 0) is 62.7 Å². The maximum atomic E-state index is 4.92. The third-order valence-electron chi connectivity index (χ3n) is 8.54. The van der Waals surface area contributed by atoms with Crippen LogP contribution in [0.2, 0.25) is 0 Å². The lowest BCUT2D eigenvalue weighted by Gasteiger charge is -2.13. The van der Waals surface area contributed by atoms with E-state index in [4.69, 9.17) is 15.0 Å². The van der Waals surface area contributed by atoms with Gasteiger partial charge in [0.15, 0.2) is 17.5 Å². The molecule has 0 bridgehead atoms. The minimum absolute atomic E-state index is 0.645. The molecular formula is C45H31N3. The highest BCUT2D eigenvalue weighted by atomic mass is 15.0. The summed E-state index contributed by atoms with van der Waals surface area (Å²) in [6.07, 6.45) is 0. The van der Waals surface area contributed by atoms with Crippen molar-refractivity contribution in [3.8, 4) is 78.7 Å². The molecule has 0 saturated heterocycles. The average Bonchev–Trinajstić information content (AvgIpc) is 3.19. The van der Waals surface area contributed by atoms with Crippen LogP contribution in [-0.4, -0.2) is 15.0 Å². The summed E-state index contributed by atoms with van der Waals surface area (Å²) < 4.78 is 0. The van der Waals surface area contributed by atoms with E-state index in [2.05, 4.69) is 127 Å². The van der Waals surface area contributed by atoms with Crippen LogP contribution in [-0.2, 0) is 0 Å². The molecule has 0 amide bonds. The quantitative estimate of drug-likeness (QED) is 0.179. The van der Waals surface area contributed by atoms with Gasteiger partial charge in [-0.15, -0.1) is 0 Å². The molecule has 0 aliphatic carbocycles. The molecule has 0 aliphatic rings. The van der Waals surface area contributed by atoms with Gasteiger partial charge in [0.2, 0.25) is 0 Å².